The van der Waals surface area contributed by atoms with E-state index in [1.54, 1.807) is 11.3 Å². The summed E-state index contributed by atoms with van der Waals surface area (Å²) in [4.78, 5) is 29.6. The highest BCUT2D eigenvalue weighted by atomic mass is 32.1. The summed E-state index contributed by atoms with van der Waals surface area (Å²) < 4.78 is 4.35. The summed E-state index contributed by atoms with van der Waals surface area (Å²) in [6, 6.07) is 5.16. The van der Waals surface area contributed by atoms with Crippen molar-refractivity contribution in [2.75, 3.05) is 13.1 Å². The van der Waals surface area contributed by atoms with E-state index >= 15 is 0 Å². The minimum absolute atomic E-state index is 0.0487. The van der Waals surface area contributed by atoms with Gasteiger partial charge in [0.15, 0.2) is 0 Å². The largest absolute Gasteiger partial charge is 0.353 e. The second kappa shape index (κ2) is 10.4. The number of aryl methyl sites for hydroxylation is 2. The standard InChI is InChI=1S/C25H37N5O2S/c1-5-17(3)28(19-10-8-7-9-11-19)13-12-26-24(31)16-29-25(32)21-15-22-20(14-18(4)33-22)30(21)23(6-2)27-29/h14-15,17,19H,5-13,16H2,1-4H3,(H,26,31)/t17-/m0/s1. The van der Waals surface area contributed by atoms with Gasteiger partial charge in [0.2, 0.25) is 5.91 Å². The van der Waals surface area contributed by atoms with Crippen LogP contribution in [-0.2, 0) is 17.8 Å². The molecule has 0 radical (unpaired) electrons. The molecule has 1 N–H and O–H groups in total. The summed E-state index contributed by atoms with van der Waals surface area (Å²) in [5, 5.41) is 7.59. The Labute approximate surface area is 199 Å². The minimum atomic E-state index is -0.216. The third-order valence-corrected chi connectivity index (χ3v) is 8.05. The van der Waals surface area contributed by atoms with Crippen LogP contribution in [0.15, 0.2) is 16.9 Å². The van der Waals surface area contributed by atoms with Crippen molar-refractivity contribution in [2.24, 2.45) is 0 Å². The van der Waals surface area contributed by atoms with Crippen LogP contribution in [0.25, 0.3) is 15.7 Å². The van der Waals surface area contributed by atoms with E-state index in [-0.39, 0.29) is 18.0 Å². The van der Waals surface area contributed by atoms with Gasteiger partial charge in [0, 0.05) is 36.5 Å². The maximum atomic E-state index is 13.1. The predicted molar refractivity (Wildman–Crippen MR) is 135 cm³/mol. The van der Waals surface area contributed by atoms with Crippen molar-refractivity contribution in [1.29, 1.82) is 0 Å². The highest BCUT2D eigenvalue weighted by Crippen LogP contribution is 2.28. The first-order valence-electron chi connectivity index (χ1n) is 12.5. The molecule has 8 heteroatoms. The molecule has 3 aromatic rings. The van der Waals surface area contributed by atoms with Crippen LogP contribution in [0.3, 0.4) is 0 Å². The van der Waals surface area contributed by atoms with E-state index in [9.17, 15) is 9.59 Å². The van der Waals surface area contributed by atoms with E-state index in [0.717, 1.165) is 29.0 Å². The number of hydrogen-bond acceptors (Lipinski definition) is 5. The van der Waals surface area contributed by atoms with E-state index in [2.05, 4.69) is 42.2 Å². The van der Waals surface area contributed by atoms with Crippen molar-refractivity contribution in [2.45, 2.75) is 91.3 Å². The fourth-order valence-electron chi connectivity index (χ4n) is 5.18. The van der Waals surface area contributed by atoms with Crippen LogP contribution < -0.4 is 10.9 Å². The lowest BCUT2D eigenvalue weighted by Crippen LogP contribution is -2.47. The lowest BCUT2D eigenvalue weighted by Gasteiger charge is -2.38. The quantitative estimate of drug-likeness (QED) is 0.509. The van der Waals surface area contributed by atoms with Crippen molar-refractivity contribution in [3.8, 4) is 0 Å². The van der Waals surface area contributed by atoms with Crippen LogP contribution in [0.2, 0.25) is 0 Å². The second-order valence-corrected chi connectivity index (χ2v) is 10.6. The average molecular weight is 472 g/mol. The van der Waals surface area contributed by atoms with Gasteiger partial charge in [-0.25, -0.2) is 4.68 Å². The van der Waals surface area contributed by atoms with Crippen molar-refractivity contribution >= 4 is 33.0 Å². The second-order valence-electron chi connectivity index (χ2n) is 9.34. The molecule has 4 rings (SSSR count). The Balaban J connectivity index is 1.45. The molecule has 0 spiro atoms. The molecule has 1 saturated carbocycles. The number of aromatic nitrogens is 3. The number of nitrogens with one attached hydrogen (secondary N) is 1. The molecular formula is C25H37N5O2S. The Morgan fingerprint density at radius 3 is 2.70 bits per heavy atom. The molecule has 0 saturated heterocycles. The Kier molecular flexibility index (Phi) is 7.54. The normalized spacial score (nSPS) is 16.2. The molecule has 33 heavy (non-hydrogen) atoms. The lowest BCUT2D eigenvalue weighted by molar-refractivity contribution is -0.122. The number of amides is 1. The Morgan fingerprint density at radius 1 is 1.24 bits per heavy atom. The molecule has 1 fully saturated rings. The number of rotatable bonds is 9. The van der Waals surface area contributed by atoms with E-state index in [0.29, 0.717) is 30.6 Å². The molecule has 1 amide bonds. The molecule has 1 atom stereocenters. The zero-order valence-electron chi connectivity index (χ0n) is 20.4. The first kappa shape index (κ1) is 24.0. The zero-order valence-corrected chi connectivity index (χ0v) is 21.2. The molecule has 3 aromatic heterocycles. The van der Waals surface area contributed by atoms with E-state index < -0.39 is 0 Å². The summed E-state index contributed by atoms with van der Waals surface area (Å²) >= 11 is 1.67. The van der Waals surface area contributed by atoms with Crippen LogP contribution in [0.1, 0.15) is 70.0 Å². The van der Waals surface area contributed by atoms with Gasteiger partial charge in [-0.05, 0) is 45.2 Å². The fraction of sp³-hybridized carbons (Fsp3) is 0.640. The SMILES string of the molecule is CCc1nn(CC(=O)NCCN(C2CCCCC2)[C@@H](C)CC)c(=O)c2cc3sc(C)cc3n12. The Morgan fingerprint density at radius 2 is 2.00 bits per heavy atom. The number of hydrogen-bond donors (Lipinski definition) is 1. The number of nitrogens with zero attached hydrogens (tertiary/aromatic N) is 4. The first-order valence-corrected chi connectivity index (χ1v) is 13.3. The van der Waals surface area contributed by atoms with Gasteiger partial charge in [-0.15, -0.1) is 11.3 Å². The third-order valence-electron chi connectivity index (χ3n) is 7.06. The van der Waals surface area contributed by atoms with Gasteiger partial charge in [0.05, 0.1) is 10.2 Å². The molecule has 1 aliphatic carbocycles. The fourth-order valence-corrected chi connectivity index (χ4v) is 6.12. The molecular weight excluding hydrogens is 434 g/mol. The molecule has 0 unspecified atom stereocenters. The monoisotopic (exact) mass is 471 g/mol. The minimum Gasteiger partial charge on any atom is -0.353 e. The number of carbonyl (C=O) groups excluding carboxylic acids is 1. The molecule has 3 heterocycles. The van der Waals surface area contributed by atoms with Crippen LogP contribution >= 0.6 is 11.3 Å². The van der Waals surface area contributed by atoms with Gasteiger partial charge < -0.3 is 5.32 Å². The Bertz CT molecular complexity index is 1170. The van der Waals surface area contributed by atoms with Gasteiger partial charge in [0.25, 0.3) is 5.56 Å². The molecule has 0 aromatic carbocycles. The highest BCUT2D eigenvalue weighted by Gasteiger charge is 2.24. The van der Waals surface area contributed by atoms with Crippen molar-refractivity contribution in [1.82, 2.24) is 24.4 Å². The van der Waals surface area contributed by atoms with Crippen LogP contribution in [0.5, 0.6) is 0 Å². The van der Waals surface area contributed by atoms with E-state index in [1.807, 2.05) is 17.4 Å². The van der Waals surface area contributed by atoms with Crippen LogP contribution in [0, 0.1) is 6.92 Å². The highest BCUT2D eigenvalue weighted by molar-refractivity contribution is 7.19. The predicted octanol–water partition coefficient (Wildman–Crippen LogP) is 4.13. The van der Waals surface area contributed by atoms with Crippen molar-refractivity contribution in [3.05, 3.63) is 33.2 Å². The molecule has 7 nitrogen and oxygen atoms in total. The van der Waals surface area contributed by atoms with Gasteiger partial charge in [0.1, 0.15) is 17.9 Å². The number of carbonyl (C=O) groups is 1. The van der Waals surface area contributed by atoms with Crippen molar-refractivity contribution < 1.29 is 4.79 Å². The lowest BCUT2D eigenvalue weighted by atomic mass is 9.93. The van der Waals surface area contributed by atoms with Gasteiger partial charge in [-0.3, -0.25) is 18.9 Å². The van der Waals surface area contributed by atoms with Crippen LogP contribution in [0.4, 0.5) is 0 Å². The summed E-state index contributed by atoms with van der Waals surface area (Å²) in [6.07, 6.45) is 8.25. The Hall–Kier alpha value is -2.19. The number of fused-ring (bicyclic) bond motifs is 3. The molecule has 0 aliphatic heterocycles. The molecule has 0 bridgehead atoms. The number of thiophene rings is 1. The summed E-state index contributed by atoms with van der Waals surface area (Å²) in [5.74, 6) is 0.637. The maximum Gasteiger partial charge on any atom is 0.291 e. The summed E-state index contributed by atoms with van der Waals surface area (Å²) in [5.41, 5.74) is 1.40. The van der Waals surface area contributed by atoms with Crippen molar-refractivity contribution in [3.63, 3.8) is 0 Å². The van der Waals surface area contributed by atoms with Gasteiger partial charge in [-0.1, -0.05) is 33.1 Å². The zero-order chi connectivity index (χ0) is 23.5. The smallest absolute Gasteiger partial charge is 0.291 e. The van der Waals surface area contributed by atoms with E-state index in [4.69, 9.17) is 0 Å². The maximum absolute atomic E-state index is 13.1. The van der Waals surface area contributed by atoms with E-state index in [1.165, 1.54) is 41.7 Å². The average Bonchev–Trinajstić information content (AvgIpc) is 3.35. The third kappa shape index (κ3) is 5.01. The summed E-state index contributed by atoms with van der Waals surface area (Å²) in [6.45, 7) is 10.00. The first-order chi connectivity index (χ1) is 15.9. The molecule has 180 valence electrons. The van der Waals surface area contributed by atoms with Crippen LogP contribution in [-0.4, -0.2) is 50.2 Å². The van der Waals surface area contributed by atoms with Gasteiger partial charge >= 0.3 is 0 Å². The summed E-state index contributed by atoms with van der Waals surface area (Å²) in [7, 11) is 0. The topological polar surface area (TPSA) is 71.6 Å². The molecule has 1 aliphatic rings. The van der Waals surface area contributed by atoms with Gasteiger partial charge in [-0.2, -0.15) is 5.10 Å².